The predicted molar refractivity (Wildman–Crippen MR) is 104 cm³/mol. The van der Waals surface area contributed by atoms with Gasteiger partial charge in [-0.05, 0) is 36.5 Å². The van der Waals surface area contributed by atoms with Crippen LogP contribution in [0.4, 0.5) is 28.9 Å². The number of hydrogen-bond donors (Lipinski definition) is 3. The van der Waals surface area contributed by atoms with E-state index < -0.39 is 29.1 Å². The Morgan fingerprint density at radius 3 is 2.00 bits per heavy atom. The molecule has 1 aliphatic carbocycles. The minimum absolute atomic E-state index is 0.209. The van der Waals surface area contributed by atoms with Crippen LogP contribution >= 0.6 is 11.6 Å². The molecule has 29 heavy (non-hydrogen) atoms. The van der Waals surface area contributed by atoms with E-state index in [0.717, 1.165) is 12.1 Å². The van der Waals surface area contributed by atoms with Crippen molar-refractivity contribution in [2.45, 2.75) is 37.3 Å². The number of halogens is 5. The number of hydrogen-bond acceptors (Lipinski definition) is 3. The number of aliphatic hydroxyl groups is 1. The van der Waals surface area contributed by atoms with Crippen molar-refractivity contribution in [2.75, 3.05) is 17.2 Å². The number of nitrogens with one attached hydrogen (secondary N) is 2. The fraction of sp³-hybridized carbons (Fsp3) is 0.429. The quantitative estimate of drug-likeness (QED) is 0.544. The van der Waals surface area contributed by atoms with Crippen LogP contribution in [0.25, 0.3) is 0 Å². The topological polar surface area (TPSA) is 44.3 Å². The summed E-state index contributed by atoms with van der Waals surface area (Å²) in [4.78, 5) is 0. The van der Waals surface area contributed by atoms with Gasteiger partial charge < -0.3 is 15.7 Å². The SMILES string of the molecule is OCC(C1CCC(F)(F)CC1)C1(c2ccc(Cl)cc2)Nc2cc(F)c(F)cc2N1. The van der Waals surface area contributed by atoms with E-state index in [1.807, 2.05) is 0 Å². The summed E-state index contributed by atoms with van der Waals surface area (Å²) in [6, 6.07) is 8.96. The van der Waals surface area contributed by atoms with Crippen LogP contribution in [0.1, 0.15) is 31.2 Å². The van der Waals surface area contributed by atoms with E-state index in [0.29, 0.717) is 22.0 Å². The molecule has 3 N–H and O–H groups in total. The average Bonchev–Trinajstić information content (AvgIpc) is 3.03. The molecule has 156 valence electrons. The Morgan fingerprint density at radius 1 is 1.00 bits per heavy atom. The van der Waals surface area contributed by atoms with Crippen molar-refractivity contribution in [1.29, 1.82) is 0 Å². The lowest BCUT2D eigenvalue weighted by atomic mass is 9.71. The van der Waals surface area contributed by atoms with Gasteiger partial charge in [0.1, 0.15) is 5.66 Å². The van der Waals surface area contributed by atoms with E-state index in [1.54, 1.807) is 24.3 Å². The molecule has 1 fully saturated rings. The van der Waals surface area contributed by atoms with Gasteiger partial charge in [-0.1, -0.05) is 23.7 Å². The van der Waals surface area contributed by atoms with Crippen molar-refractivity contribution < 1.29 is 22.7 Å². The van der Waals surface area contributed by atoms with Gasteiger partial charge in [0.25, 0.3) is 0 Å². The summed E-state index contributed by atoms with van der Waals surface area (Å²) in [7, 11) is 0. The highest BCUT2D eigenvalue weighted by atomic mass is 35.5. The lowest BCUT2D eigenvalue weighted by Crippen LogP contribution is -2.51. The third kappa shape index (κ3) is 3.66. The molecule has 1 saturated carbocycles. The van der Waals surface area contributed by atoms with E-state index in [-0.39, 0.29) is 38.2 Å². The molecule has 2 aliphatic rings. The summed E-state index contributed by atoms with van der Waals surface area (Å²) in [5, 5.41) is 17.2. The maximum atomic E-state index is 13.8. The van der Waals surface area contributed by atoms with Crippen LogP contribution in [0.15, 0.2) is 36.4 Å². The first-order valence-electron chi connectivity index (χ1n) is 9.54. The van der Waals surface area contributed by atoms with Crippen LogP contribution in [0.2, 0.25) is 5.02 Å². The van der Waals surface area contributed by atoms with Gasteiger partial charge in [-0.2, -0.15) is 0 Å². The van der Waals surface area contributed by atoms with Gasteiger partial charge in [-0.15, -0.1) is 0 Å². The molecule has 0 radical (unpaired) electrons. The van der Waals surface area contributed by atoms with Crippen molar-refractivity contribution >= 4 is 23.0 Å². The number of alkyl halides is 2. The summed E-state index contributed by atoms with van der Waals surface area (Å²) >= 11 is 6.02. The first-order chi connectivity index (χ1) is 13.7. The molecule has 0 bridgehead atoms. The second-order valence-corrected chi connectivity index (χ2v) is 8.30. The molecule has 0 spiro atoms. The first kappa shape index (κ1) is 20.3. The molecular weight excluding hydrogens is 408 g/mol. The van der Waals surface area contributed by atoms with Crippen LogP contribution in [0, 0.1) is 23.5 Å². The minimum atomic E-state index is -2.70. The lowest BCUT2D eigenvalue weighted by Gasteiger charge is -2.44. The number of benzene rings is 2. The molecule has 0 amide bonds. The largest absolute Gasteiger partial charge is 0.396 e. The fourth-order valence-electron chi connectivity index (χ4n) is 4.57. The molecule has 8 heteroatoms. The van der Waals surface area contributed by atoms with E-state index in [2.05, 4.69) is 10.6 Å². The molecule has 0 saturated heterocycles. The second kappa shape index (κ2) is 7.36. The van der Waals surface area contributed by atoms with Crippen LogP contribution in [-0.4, -0.2) is 17.6 Å². The molecule has 3 nitrogen and oxygen atoms in total. The highest BCUT2D eigenvalue weighted by Gasteiger charge is 2.50. The first-order valence-corrected chi connectivity index (χ1v) is 9.92. The maximum absolute atomic E-state index is 13.8. The molecule has 2 aromatic carbocycles. The monoisotopic (exact) mass is 428 g/mol. The molecule has 1 atom stereocenters. The zero-order chi connectivity index (χ0) is 20.8. The molecule has 4 rings (SSSR count). The number of anilines is 2. The third-order valence-corrected chi connectivity index (χ3v) is 6.36. The Morgan fingerprint density at radius 2 is 1.52 bits per heavy atom. The molecular formula is C21H21ClF4N2O. The van der Waals surface area contributed by atoms with Crippen molar-refractivity contribution in [3.8, 4) is 0 Å². The smallest absolute Gasteiger partial charge is 0.248 e. The average molecular weight is 429 g/mol. The Hall–Kier alpha value is -1.99. The van der Waals surface area contributed by atoms with E-state index in [4.69, 9.17) is 11.6 Å². The normalized spacial score (nSPS) is 21.2. The van der Waals surface area contributed by atoms with Crippen molar-refractivity contribution in [1.82, 2.24) is 0 Å². The Balaban J connectivity index is 1.76. The Labute approximate surface area is 171 Å². The van der Waals surface area contributed by atoms with Gasteiger partial charge in [0.15, 0.2) is 11.6 Å². The Bertz CT molecular complexity index is 865. The van der Waals surface area contributed by atoms with E-state index >= 15 is 0 Å². The molecule has 0 aromatic heterocycles. The lowest BCUT2D eigenvalue weighted by molar-refractivity contribution is -0.0598. The minimum Gasteiger partial charge on any atom is -0.396 e. The van der Waals surface area contributed by atoms with Crippen LogP contribution < -0.4 is 10.6 Å². The third-order valence-electron chi connectivity index (χ3n) is 6.11. The highest BCUT2D eigenvalue weighted by molar-refractivity contribution is 6.30. The number of fused-ring (bicyclic) bond motifs is 1. The van der Waals surface area contributed by atoms with E-state index in [1.165, 1.54) is 0 Å². The highest BCUT2D eigenvalue weighted by Crippen LogP contribution is 2.50. The van der Waals surface area contributed by atoms with Crippen LogP contribution in [0.3, 0.4) is 0 Å². The second-order valence-electron chi connectivity index (χ2n) is 7.86. The van der Waals surface area contributed by atoms with Gasteiger partial charge >= 0.3 is 0 Å². The molecule has 1 heterocycles. The van der Waals surface area contributed by atoms with Crippen LogP contribution in [-0.2, 0) is 5.66 Å². The van der Waals surface area contributed by atoms with Crippen LogP contribution in [0.5, 0.6) is 0 Å². The fourth-order valence-corrected chi connectivity index (χ4v) is 4.70. The van der Waals surface area contributed by atoms with Crippen molar-refractivity contribution in [2.24, 2.45) is 11.8 Å². The standard InChI is InChI=1S/C21H21ClF4N2O/c22-14-3-1-13(2-4-14)21(15(11-29)12-5-7-20(25,26)8-6-12)27-18-9-16(23)17(24)10-19(18)28-21/h1-4,9-10,12,15,27-29H,5-8,11H2. The zero-order valence-corrected chi connectivity index (χ0v) is 16.2. The number of rotatable bonds is 4. The zero-order valence-electron chi connectivity index (χ0n) is 15.5. The van der Waals surface area contributed by atoms with Crippen molar-refractivity contribution in [3.05, 3.63) is 58.6 Å². The Kier molecular flexibility index (Phi) is 5.15. The summed E-state index contributed by atoms with van der Waals surface area (Å²) in [5.41, 5.74) is 0.270. The van der Waals surface area contributed by atoms with Crippen molar-refractivity contribution in [3.63, 3.8) is 0 Å². The van der Waals surface area contributed by atoms with Gasteiger partial charge in [0.05, 0.1) is 18.0 Å². The number of aliphatic hydroxyl groups excluding tert-OH is 1. The maximum Gasteiger partial charge on any atom is 0.248 e. The van der Waals surface area contributed by atoms with Gasteiger partial charge in [-0.25, -0.2) is 17.6 Å². The van der Waals surface area contributed by atoms with Gasteiger partial charge in [0.2, 0.25) is 5.92 Å². The molecule has 1 aliphatic heterocycles. The van der Waals surface area contributed by atoms with E-state index in [9.17, 15) is 22.7 Å². The summed E-state index contributed by atoms with van der Waals surface area (Å²) in [6.45, 7) is -0.294. The summed E-state index contributed by atoms with van der Waals surface area (Å²) < 4.78 is 55.0. The molecule has 2 aromatic rings. The summed E-state index contributed by atoms with van der Waals surface area (Å²) in [6.07, 6.45) is -0.00583. The summed E-state index contributed by atoms with van der Waals surface area (Å²) in [5.74, 6) is -5.42. The predicted octanol–water partition coefficient (Wildman–Crippen LogP) is 5.74. The van der Waals surface area contributed by atoms with Gasteiger partial charge in [0, 0.05) is 35.9 Å². The van der Waals surface area contributed by atoms with Gasteiger partial charge in [-0.3, -0.25) is 0 Å². The molecule has 1 unspecified atom stereocenters.